The first-order chi connectivity index (χ1) is 10.8. The fourth-order valence-electron chi connectivity index (χ4n) is 2.18. The largest absolute Gasteiger partial charge is 0.482 e. The molecule has 7 nitrogen and oxygen atoms in total. The van der Waals surface area contributed by atoms with E-state index in [4.69, 9.17) is 4.74 Å². The molecular formula is C15H17BrN2O5. The molecule has 23 heavy (non-hydrogen) atoms. The summed E-state index contributed by atoms with van der Waals surface area (Å²) in [5.74, 6) is -1.71. The van der Waals surface area contributed by atoms with Gasteiger partial charge in [0.15, 0.2) is 6.61 Å². The molecule has 2 rings (SSSR count). The van der Waals surface area contributed by atoms with Crippen LogP contribution in [0.2, 0.25) is 0 Å². The van der Waals surface area contributed by atoms with Crippen molar-refractivity contribution >= 4 is 39.4 Å². The fraction of sp³-hybridized carbons (Fsp3) is 0.400. The number of anilines is 1. The van der Waals surface area contributed by atoms with Gasteiger partial charge < -0.3 is 20.5 Å². The van der Waals surface area contributed by atoms with Gasteiger partial charge in [-0.25, -0.2) is 4.79 Å². The number of benzene rings is 1. The molecule has 1 heterocycles. The Kier molecular flexibility index (Phi) is 5.25. The predicted octanol–water partition coefficient (Wildman–Crippen LogP) is 2.01. The van der Waals surface area contributed by atoms with E-state index in [2.05, 4.69) is 26.6 Å². The molecule has 2 amide bonds. The van der Waals surface area contributed by atoms with Crippen molar-refractivity contribution in [3.63, 3.8) is 0 Å². The number of ether oxygens (including phenoxy) is 1. The fourth-order valence-corrected chi connectivity index (χ4v) is 2.70. The Morgan fingerprint density at radius 3 is 2.78 bits per heavy atom. The first-order valence-electron chi connectivity index (χ1n) is 7.13. The zero-order chi connectivity index (χ0) is 17.1. The molecule has 8 heteroatoms. The summed E-state index contributed by atoms with van der Waals surface area (Å²) in [5.41, 5.74) is 0.704. The molecule has 3 N–H and O–H groups in total. The number of aliphatic carboxylic acids is 1. The van der Waals surface area contributed by atoms with Crippen LogP contribution in [0.3, 0.4) is 0 Å². The molecule has 0 fully saturated rings. The monoisotopic (exact) mass is 384 g/mol. The molecule has 124 valence electrons. The highest BCUT2D eigenvalue weighted by molar-refractivity contribution is 9.10. The molecule has 1 aromatic rings. The van der Waals surface area contributed by atoms with Crippen molar-refractivity contribution < 1.29 is 24.2 Å². The molecule has 0 spiro atoms. The van der Waals surface area contributed by atoms with Gasteiger partial charge in [0, 0.05) is 4.47 Å². The van der Waals surface area contributed by atoms with Crippen LogP contribution in [0.1, 0.15) is 30.6 Å². The summed E-state index contributed by atoms with van der Waals surface area (Å²) in [6.45, 7) is 3.50. The molecule has 1 aromatic carbocycles. The Labute approximate surface area is 141 Å². The number of fused-ring (bicyclic) bond motifs is 1. The molecule has 1 aliphatic rings. The quantitative estimate of drug-likeness (QED) is 0.719. The number of carboxylic acid groups (broad SMARTS) is 1. The highest BCUT2D eigenvalue weighted by Gasteiger charge is 2.27. The molecule has 2 atom stereocenters. The van der Waals surface area contributed by atoms with E-state index in [1.807, 2.05) is 6.92 Å². The van der Waals surface area contributed by atoms with Gasteiger partial charge in [-0.3, -0.25) is 9.59 Å². The zero-order valence-corrected chi connectivity index (χ0v) is 14.3. The number of amides is 2. The van der Waals surface area contributed by atoms with Crippen LogP contribution in [0.15, 0.2) is 16.6 Å². The van der Waals surface area contributed by atoms with Crippen LogP contribution in [-0.2, 0) is 9.59 Å². The standard InChI is InChI=1S/C15H17BrN2O5/c1-3-7(2)13(15(21)22)18-14(20)8-4-11-10(5-9(8)16)17-12(19)6-23-11/h4-5,7,13H,3,6H2,1-2H3,(H,17,19)(H,18,20)(H,21,22)/t7-,13-/m0/s1. The average molecular weight is 385 g/mol. The summed E-state index contributed by atoms with van der Waals surface area (Å²) in [5, 5.41) is 14.4. The first-order valence-corrected chi connectivity index (χ1v) is 7.92. The van der Waals surface area contributed by atoms with E-state index < -0.39 is 17.9 Å². The van der Waals surface area contributed by atoms with E-state index in [9.17, 15) is 19.5 Å². The number of rotatable bonds is 5. The second-order valence-electron chi connectivity index (χ2n) is 5.34. The number of hydrogen-bond acceptors (Lipinski definition) is 4. The molecule has 0 aromatic heterocycles. The SMILES string of the molecule is CC[C@H](C)[C@H](NC(=O)c1cc2c(cc1Br)NC(=O)CO2)C(=O)O. The van der Waals surface area contributed by atoms with Crippen LogP contribution in [0.4, 0.5) is 5.69 Å². The Balaban J connectivity index is 2.25. The maximum absolute atomic E-state index is 12.4. The van der Waals surface area contributed by atoms with Crippen LogP contribution < -0.4 is 15.4 Å². The first kappa shape index (κ1) is 17.3. The van der Waals surface area contributed by atoms with Crippen molar-refractivity contribution in [2.24, 2.45) is 5.92 Å². The average Bonchev–Trinajstić information content (AvgIpc) is 2.50. The van der Waals surface area contributed by atoms with Crippen molar-refractivity contribution in [2.45, 2.75) is 26.3 Å². The minimum Gasteiger partial charge on any atom is -0.482 e. The maximum atomic E-state index is 12.4. The van der Waals surface area contributed by atoms with Gasteiger partial charge in [-0.1, -0.05) is 20.3 Å². The number of carbonyl (C=O) groups excluding carboxylic acids is 2. The third kappa shape index (κ3) is 3.82. The third-order valence-electron chi connectivity index (χ3n) is 3.71. The molecule has 0 unspecified atom stereocenters. The van der Waals surface area contributed by atoms with Gasteiger partial charge in [0.25, 0.3) is 11.8 Å². The topological polar surface area (TPSA) is 105 Å². The maximum Gasteiger partial charge on any atom is 0.326 e. The van der Waals surface area contributed by atoms with Crippen LogP contribution in [0.5, 0.6) is 5.75 Å². The number of halogens is 1. The Morgan fingerprint density at radius 2 is 2.17 bits per heavy atom. The Bertz CT molecular complexity index is 662. The third-order valence-corrected chi connectivity index (χ3v) is 4.37. The molecule has 1 aliphatic heterocycles. The minimum atomic E-state index is -1.08. The number of carbonyl (C=O) groups is 3. The lowest BCUT2D eigenvalue weighted by atomic mass is 9.99. The predicted molar refractivity (Wildman–Crippen MR) is 86.6 cm³/mol. The lowest BCUT2D eigenvalue weighted by Crippen LogP contribution is -2.45. The van der Waals surface area contributed by atoms with E-state index in [0.717, 1.165) is 0 Å². The molecule has 0 aliphatic carbocycles. The summed E-state index contributed by atoms with van der Waals surface area (Å²) in [6, 6.07) is 2.06. The second-order valence-corrected chi connectivity index (χ2v) is 6.19. The smallest absolute Gasteiger partial charge is 0.326 e. The Morgan fingerprint density at radius 1 is 1.48 bits per heavy atom. The van der Waals surface area contributed by atoms with E-state index in [1.165, 1.54) is 6.07 Å². The summed E-state index contributed by atoms with van der Waals surface area (Å²) >= 11 is 3.26. The molecule has 0 bridgehead atoms. The van der Waals surface area contributed by atoms with Gasteiger partial charge in [-0.2, -0.15) is 0 Å². The summed E-state index contributed by atoms with van der Waals surface area (Å²) in [4.78, 5) is 35.0. The highest BCUT2D eigenvalue weighted by Crippen LogP contribution is 2.33. The van der Waals surface area contributed by atoms with Crippen LogP contribution in [0.25, 0.3) is 0 Å². The van der Waals surface area contributed by atoms with Gasteiger partial charge in [-0.15, -0.1) is 0 Å². The van der Waals surface area contributed by atoms with Gasteiger partial charge in [0.2, 0.25) is 0 Å². The number of hydrogen-bond donors (Lipinski definition) is 3. The normalized spacial score (nSPS) is 15.7. The number of nitrogens with one attached hydrogen (secondary N) is 2. The van der Waals surface area contributed by atoms with Crippen LogP contribution >= 0.6 is 15.9 Å². The lowest BCUT2D eigenvalue weighted by Gasteiger charge is -2.22. The van der Waals surface area contributed by atoms with Crippen molar-refractivity contribution in [2.75, 3.05) is 11.9 Å². The molecule has 0 radical (unpaired) electrons. The van der Waals surface area contributed by atoms with Crippen LogP contribution in [0, 0.1) is 5.92 Å². The van der Waals surface area contributed by atoms with E-state index in [0.29, 0.717) is 22.3 Å². The highest BCUT2D eigenvalue weighted by atomic mass is 79.9. The van der Waals surface area contributed by atoms with Crippen molar-refractivity contribution in [3.05, 3.63) is 22.2 Å². The molecular weight excluding hydrogens is 368 g/mol. The number of carboxylic acids is 1. The summed E-state index contributed by atoms with van der Waals surface area (Å²) in [7, 11) is 0. The van der Waals surface area contributed by atoms with Crippen molar-refractivity contribution in [1.82, 2.24) is 5.32 Å². The second kappa shape index (κ2) is 6.99. The Hall–Kier alpha value is -2.09. The molecule has 0 saturated carbocycles. The lowest BCUT2D eigenvalue weighted by molar-refractivity contribution is -0.140. The van der Waals surface area contributed by atoms with Gasteiger partial charge in [0.05, 0.1) is 11.3 Å². The van der Waals surface area contributed by atoms with Crippen molar-refractivity contribution in [3.8, 4) is 5.75 Å². The molecule has 0 saturated heterocycles. The van der Waals surface area contributed by atoms with Gasteiger partial charge in [0.1, 0.15) is 11.8 Å². The summed E-state index contributed by atoms with van der Waals surface area (Å²) in [6.07, 6.45) is 0.623. The van der Waals surface area contributed by atoms with E-state index >= 15 is 0 Å². The van der Waals surface area contributed by atoms with E-state index in [-0.39, 0.29) is 24.0 Å². The van der Waals surface area contributed by atoms with Crippen LogP contribution in [-0.4, -0.2) is 35.5 Å². The zero-order valence-electron chi connectivity index (χ0n) is 12.7. The minimum absolute atomic E-state index is 0.125. The summed E-state index contributed by atoms with van der Waals surface area (Å²) < 4.78 is 5.71. The van der Waals surface area contributed by atoms with Gasteiger partial charge >= 0.3 is 5.97 Å². The van der Waals surface area contributed by atoms with Crippen molar-refractivity contribution in [1.29, 1.82) is 0 Å². The van der Waals surface area contributed by atoms with E-state index in [1.54, 1.807) is 13.0 Å². The van der Waals surface area contributed by atoms with Gasteiger partial charge in [-0.05, 0) is 34.0 Å².